The third-order valence-electron chi connectivity index (χ3n) is 4.73. The van der Waals surface area contributed by atoms with Crippen LogP contribution in [-0.4, -0.2) is 62.0 Å². The number of fused-ring (bicyclic) bond motifs is 1. The van der Waals surface area contributed by atoms with E-state index in [1.165, 1.54) is 24.3 Å². The van der Waals surface area contributed by atoms with Gasteiger partial charge in [-0.25, -0.2) is 0 Å². The van der Waals surface area contributed by atoms with Crippen molar-refractivity contribution in [3.05, 3.63) is 42.0 Å². The summed E-state index contributed by atoms with van der Waals surface area (Å²) in [5.41, 5.74) is -5.44. The fourth-order valence-electron chi connectivity index (χ4n) is 3.07. The van der Waals surface area contributed by atoms with Crippen molar-refractivity contribution in [1.29, 1.82) is 0 Å². The minimum Gasteiger partial charge on any atom is -0.490 e. The molecule has 0 spiro atoms. The molecule has 0 bridgehead atoms. The molecule has 1 atom stereocenters. The van der Waals surface area contributed by atoms with Crippen molar-refractivity contribution in [3.8, 4) is 5.75 Å². The number of benzene rings is 2. The zero-order valence-electron chi connectivity index (χ0n) is 16.4. The summed E-state index contributed by atoms with van der Waals surface area (Å²) >= 11 is 0. The van der Waals surface area contributed by atoms with Crippen molar-refractivity contribution in [3.63, 3.8) is 0 Å². The second-order valence-corrected chi connectivity index (χ2v) is 8.69. The third-order valence-corrected chi connectivity index (χ3v) is 5.50. The zero-order chi connectivity index (χ0) is 24.7. The third kappa shape index (κ3) is 5.68. The van der Waals surface area contributed by atoms with E-state index in [0.717, 1.165) is 0 Å². The van der Waals surface area contributed by atoms with Gasteiger partial charge in [0, 0.05) is 5.39 Å². The molecule has 0 amide bonds. The van der Waals surface area contributed by atoms with Gasteiger partial charge in [-0.3, -0.25) is 9.35 Å². The first-order valence-electron chi connectivity index (χ1n) is 9.18. The highest BCUT2D eigenvalue weighted by atomic mass is 32.2. The SMILES string of the molecule is O=C(Cc1ccc(OCC2CO2)c2ccccc12)OC(CS(=O)(=O)O)(C(F)(F)F)C(F)(F)F. The molecule has 7 nitrogen and oxygen atoms in total. The topological polar surface area (TPSA) is 102 Å². The Morgan fingerprint density at radius 3 is 2.12 bits per heavy atom. The van der Waals surface area contributed by atoms with E-state index in [-0.39, 0.29) is 18.3 Å². The van der Waals surface area contributed by atoms with Crippen LogP contribution in [0, 0.1) is 0 Å². The maximum Gasteiger partial charge on any atom is 0.438 e. The normalized spacial score (nSPS) is 17.1. The maximum atomic E-state index is 13.4. The second kappa shape index (κ2) is 8.65. The molecule has 0 aliphatic carbocycles. The van der Waals surface area contributed by atoms with Gasteiger partial charge in [0.25, 0.3) is 10.1 Å². The summed E-state index contributed by atoms with van der Waals surface area (Å²) in [6, 6.07) is 8.82. The fourth-order valence-corrected chi connectivity index (χ4v) is 3.97. The molecular formula is C19H16F6O7S. The first-order chi connectivity index (χ1) is 15.1. The molecule has 0 aromatic heterocycles. The van der Waals surface area contributed by atoms with Gasteiger partial charge >= 0.3 is 23.9 Å². The van der Waals surface area contributed by atoms with E-state index in [1.54, 1.807) is 12.1 Å². The highest BCUT2D eigenvalue weighted by molar-refractivity contribution is 7.85. The molecule has 182 valence electrons. The van der Waals surface area contributed by atoms with Crippen molar-refractivity contribution >= 4 is 26.9 Å². The van der Waals surface area contributed by atoms with Gasteiger partial charge in [-0.1, -0.05) is 30.3 Å². The zero-order valence-corrected chi connectivity index (χ0v) is 17.3. The van der Waals surface area contributed by atoms with Crippen molar-refractivity contribution in [1.82, 2.24) is 0 Å². The van der Waals surface area contributed by atoms with Gasteiger partial charge in [0.15, 0.2) is 0 Å². The van der Waals surface area contributed by atoms with Crippen molar-refractivity contribution in [2.75, 3.05) is 19.0 Å². The van der Waals surface area contributed by atoms with E-state index in [9.17, 15) is 39.6 Å². The molecule has 1 aliphatic rings. The van der Waals surface area contributed by atoms with Gasteiger partial charge in [0.1, 0.15) is 24.2 Å². The van der Waals surface area contributed by atoms with E-state index in [2.05, 4.69) is 4.74 Å². The molecule has 33 heavy (non-hydrogen) atoms. The van der Waals surface area contributed by atoms with Crippen molar-refractivity contribution in [2.45, 2.75) is 30.5 Å². The minimum atomic E-state index is -6.39. The molecule has 2 aromatic rings. The average molecular weight is 502 g/mol. The first-order valence-corrected chi connectivity index (χ1v) is 10.8. The van der Waals surface area contributed by atoms with Crippen LogP contribution in [0.2, 0.25) is 0 Å². The van der Waals surface area contributed by atoms with Gasteiger partial charge in [0.2, 0.25) is 0 Å². The van der Waals surface area contributed by atoms with Crippen LogP contribution in [0.1, 0.15) is 5.56 Å². The molecule has 0 radical (unpaired) electrons. The molecule has 1 fully saturated rings. The molecule has 1 aliphatic heterocycles. The Morgan fingerprint density at radius 1 is 1.03 bits per heavy atom. The number of alkyl halides is 6. The van der Waals surface area contributed by atoms with Crippen molar-refractivity contribution in [2.24, 2.45) is 0 Å². The molecule has 3 rings (SSSR count). The molecule has 1 N–H and O–H groups in total. The molecular weight excluding hydrogens is 486 g/mol. The predicted molar refractivity (Wildman–Crippen MR) is 100 cm³/mol. The smallest absolute Gasteiger partial charge is 0.438 e. The Labute approximate surface area is 183 Å². The van der Waals surface area contributed by atoms with E-state index < -0.39 is 46.2 Å². The summed E-state index contributed by atoms with van der Waals surface area (Å²) < 4.78 is 125. The van der Waals surface area contributed by atoms with E-state index in [0.29, 0.717) is 23.1 Å². The molecule has 0 saturated carbocycles. The number of hydrogen-bond donors (Lipinski definition) is 1. The number of ether oxygens (including phenoxy) is 3. The lowest BCUT2D eigenvalue weighted by molar-refractivity contribution is -0.361. The summed E-state index contributed by atoms with van der Waals surface area (Å²) in [5.74, 6) is -4.58. The number of hydrogen-bond acceptors (Lipinski definition) is 6. The van der Waals surface area contributed by atoms with E-state index in [4.69, 9.17) is 14.0 Å². The van der Waals surface area contributed by atoms with Crippen molar-refractivity contribution < 1.29 is 58.3 Å². The molecule has 1 saturated heterocycles. The Hall–Kier alpha value is -2.58. The van der Waals surface area contributed by atoms with Crippen LogP contribution in [-0.2, 0) is 30.8 Å². The first kappa shape index (κ1) is 25.1. The van der Waals surface area contributed by atoms with Gasteiger partial charge in [-0.2, -0.15) is 34.8 Å². The van der Waals surface area contributed by atoms with E-state index in [1.807, 2.05) is 0 Å². The Morgan fingerprint density at radius 2 is 1.61 bits per heavy atom. The van der Waals surface area contributed by atoms with Gasteiger partial charge in [0.05, 0.1) is 13.0 Å². The number of halogens is 6. The average Bonchev–Trinajstić information content (AvgIpc) is 3.48. The van der Waals surface area contributed by atoms with Gasteiger partial charge in [-0.05, 0) is 17.0 Å². The van der Waals surface area contributed by atoms with Crippen LogP contribution in [0.5, 0.6) is 5.75 Å². The van der Waals surface area contributed by atoms with Gasteiger partial charge < -0.3 is 14.2 Å². The predicted octanol–water partition coefficient (Wildman–Crippen LogP) is 3.45. The van der Waals surface area contributed by atoms with Crippen LogP contribution in [0.25, 0.3) is 10.8 Å². The monoisotopic (exact) mass is 502 g/mol. The largest absolute Gasteiger partial charge is 0.490 e. The molecule has 1 unspecified atom stereocenters. The Kier molecular flexibility index (Phi) is 6.56. The minimum absolute atomic E-state index is 0.00993. The van der Waals surface area contributed by atoms with Crippen LogP contribution < -0.4 is 4.74 Å². The lowest BCUT2D eigenvalue weighted by atomic mass is 10.0. The summed E-state index contributed by atoms with van der Waals surface area (Å²) in [6.07, 6.45) is -13.9. The number of rotatable bonds is 8. The number of carbonyl (C=O) groups excluding carboxylic acids is 1. The van der Waals surface area contributed by atoms with Gasteiger partial charge in [-0.15, -0.1) is 0 Å². The second-order valence-electron chi connectivity index (χ2n) is 7.23. The Balaban J connectivity index is 1.92. The summed E-state index contributed by atoms with van der Waals surface area (Å²) in [4.78, 5) is 12.2. The standard InChI is InChI=1S/C19H16F6O7S/c20-18(21,22)17(19(23,24)25,10-33(27,28)29)32-16(26)7-11-5-6-15(31-9-12-8-30-12)14-4-2-1-3-13(11)14/h1-6,12H,7-10H2,(H,27,28,29). The lowest BCUT2D eigenvalue weighted by Crippen LogP contribution is -2.63. The summed E-state index contributed by atoms with van der Waals surface area (Å²) in [7, 11) is -5.86. The lowest BCUT2D eigenvalue weighted by Gasteiger charge is -2.35. The van der Waals surface area contributed by atoms with Crippen LogP contribution in [0.15, 0.2) is 36.4 Å². The highest BCUT2D eigenvalue weighted by Gasteiger charge is 2.75. The molecule has 1 heterocycles. The summed E-state index contributed by atoms with van der Waals surface area (Å²) in [6.45, 7) is 0.742. The van der Waals surface area contributed by atoms with E-state index >= 15 is 0 Å². The number of carbonyl (C=O) groups is 1. The fraction of sp³-hybridized carbons (Fsp3) is 0.421. The number of epoxide rings is 1. The quantitative estimate of drug-likeness (QED) is 0.255. The van der Waals surface area contributed by atoms with Crippen LogP contribution >= 0.6 is 0 Å². The van der Waals surface area contributed by atoms with Crippen LogP contribution in [0.4, 0.5) is 26.3 Å². The summed E-state index contributed by atoms with van der Waals surface area (Å²) in [5, 5.41) is 0.724. The number of esters is 1. The molecule has 14 heteroatoms. The van der Waals surface area contributed by atoms with Crippen LogP contribution in [0.3, 0.4) is 0 Å². The molecule has 2 aromatic carbocycles. The Bertz CT molecular complexity index is 1130. The maximum absolute atomic E-state index is 13.4. The highest BCUT2D eigenvalue weighted by Crippen LogP contribution is 2.47.